The van der Waals surface area contributed by atoms with Gasteiger partial charge in [-0.05, 0) is 81.5 Å². The molecule has 0 spiro atoms. The highest BCUT2D eigenvalue weighted by Crippen LogP contribution is 2.33. The van der Waals surface area contributed by atoms with Crippen LogP contribution in [0.2, 0.25) is 0 Å². The molecule has 4 nitrogen and oxygen atoms in total. The molecule has 0 radical (unpaired) electrons. The average Bonchev–Trinajstić information content (AvgIpc) is 3.28. The van der Waals surface area contributed by atoms with Crippen molar-refractivity contribution in [1.82, 2.24) is 5.16 Å². The minimum atomic E-state index is -4.51. The predicted molar refractivity (Wildman–Crippen MR) is 154 cm³/mol. The summed E-state index contributed by atoms with van der Waals surface area (Å²) in [5.74, 6) is 0. The number of hydrogen-bond donors (Lipinski definition) is 2. The molecule has 1 heterocycles. The number of hydrogen-bond acceptors (Lipinski definition) is 4. The van der Waals surface area contributed by atoms with Gasteiger partial charge in [0.1, 0.15) is 0 Å². The van der Waals surface area contributed by atoms with Crippen LogP contribution in [0.25, 0.3) is 23.1 Å². The second-order valence-corrected chi connectivity index (χ2v) is 9.59. The fraction of sp³-hybridized carbons (Fsp3) is 0.179. The van der Waals surface area contributed by atoms with Crippen LogP contribution in [0.3, 0.4) is 0 Å². The summed E-state index contributed by atoms with van der Waals surface area (Å²) in [4.78, 5) is 0. The van der Waals surface area contributed by atoms with Gasteiger partial charge in [0.15, 0.2) is 5.58 Å². The third-order valence-electron chi connectivity index (χ3n) is 5.64. The molecular formula is C28H25BF6INO3. The molecule has 2 N–H and O–H groups in total. The Morgan fingerprint density at radius 1 is 0.900 bits per heavy atom. The fourth-order valence-electron chi connectivity index (χ4n) is 3.65. The third kappa shape index (κ3) is 7.98. The highest BCUT2D eigenvalue weighted by Gasteiger charge is 2.32. The van der Waals surface area contributed by atoms with Crippen LogP contribution in [-0.2, 0) is 18.8 Å². The molecule has 0 saturated carbocycles. The Hall–Kier alpha value is -3.10. The van der Waals surface area contributed by atoms with Crippen LogP contribution in [0.15, 0.2) is 66.2 Å². The number of rotatable bonds is 5. The molecule has 1 aromatic heterocycles. The molecule has 12 heteroatoms. The van der Waals surface area contributed by atoms with Crippen LogP contribution in [0, 0.1) is 10.5 Å². The maximum atomic E-state index is 13.0. The quantitative estimate of drug-likeness (QED) is 0.130. The molecule has 4 rings (SSSR count). The Kier molecular flexibility index (Phi) is 10.8. The Morgan fingerprint density at radius 3 is 1.98 bits per heavy atom. The number of aryl methyl sites for hydroxylation is 1. The summed E-state index contributed by atoms with van der Waals surface area (Å²) in [6.45, 7) is 8.85. The molecule has 0 bridgehead atoms. The van der Waals surface area contributed by atoms with Gasteiger partial charge in [0.2, 0.25) is 0 Å². The topological polar surface area (TPSA) is 66.5 Å². The Labute approximate surface area is 241 Å². The molecule has 0 unspecified atom stereocenters. The first kappa shape index (κ1) is 33.1. The van der Waals surface area contributed by atoms with Crippen molar-refractivity contribution in [3.05, 3.63) is 104 Å². The van der Waals surface area contributed by atoms with Crippen molar-refractivity contribution in [3.8, 4) is 0 Å². The van der Waals surface area contributed by atoms with Gasteiger partial charge >= 0.3 is 19.5 Å². The maximum absolute atomic E-state index is 13.0. The third-order valence-corrected chi connectivity index (χ3v) is 6.98. The molecule has 0 fully saturated rings. The maximum Gasteiger partial charge on any atom is 0.488 e. The van der Waals surface area contributed by atoms with Crippen LogP contribution in [-0.4, -0.2) is 22.3 Å². The van der Waals surface area contributed by atoms with E-state index in [1.54, 1.807) is 6.07 Å². The monoisotopic (exact) mass is 675 g/mol. The molecule has 0 aliphatic rings. The van der Waals surface area contributed by atoms with E-state index in [0.717, 1.165) is 32.7 Å². The molecule has 0 aliphatic heterocycles. The first-order valence-corrected chi connectivity index (χ1v) is 12.3. The van der Waals surface area contributed by atoms with E-state index in [1.807, 2.05) is 19.1 Å². The van der Waals surface area contributed by atoms with E-state index in [0.29, 0.717) is 28.5 Å². The van der Waals surface area contributed by atoms with Crippen LogP contribution >= 0.6 is 22.6 Å². The summed E-state index contributed by atoms with van der Waals surface area (Å²) in [5, 5.41) is 22.5. The van der Waals surface area contributed by atoms with Crippen LogP contribution in [0.5, 0.6) is 0 Å². The van der Waals surface area contributed by atoms with Crippen molar-refractivity contribution in [3.63, 3.8) is 0 Å². The summed E-state index contributed by atoms with van der Waals surface area (Å²) >= 11 is 2.18. The lowest BCUT2D eigenvalue weighted by Gasteiger charge is -2.10. The van der Waals surface area contributed by atoms with Crippen LogP contribution in [0.4, 0.5) is 26.3 Å². The van der Waals surface area contributed by atoms with Gasteiger partial charge in [-0.15, -0.1) is 0 Å². The van der Waals surface area contributed by atoms with E-state index < -0.39 is 30.6 Å². The van der Waals surface area contributed by atoms with Crippen molar-refractivity contribution in [1.29, 1.82) is 0 Å². The number of fused-ring (bicyclic) bond motifs is 1. The number of halogens is 7. The largest absolute Gasteiger partial charge is 0.488 e. The Balaban J connectivity index is 0.000000304. The number of nitrogens with zero attached hydrogens (tertiary/aromatic N) is 1. The zero-order valence-corrected chi connectivity index (χ0v) is 22.5. The van der Waals surface area contributed by atoms with Gasteiger partial charge in [-0.1, -0.05) is 62.2 Å². The summed E-state index contributed by atoms with van der Waals surface area (Å²) in [6.07, 6.45) is -6.03. The Morgan fingerprint density at radius 2 is 1.45 bits per heavy atom. The summed E-state index contributed by atoms with van der Waals surface area (Å²) < 4.78 is 82.5. The van der Waals surface area contributed by atoms with Gasteiger partial charge < -0.3 is 14.6 Å². The molecule has 3 aromatic carbocycles. The van der Waals surface area contributed by atoms with Gasteiger partial charge in [-0.25, -0.2) is 0 Å². The number of alkyl halides is 6. The van der Waals surface area contributed by atoms with E-state index in [1.165, 1.54) is 18.2 Å². The molecule has 0 amide bonds. The fourth-order valence-corrected chi connectivity index (χ4v) is 4.22. The lowest BCUT2D eigenvalue weighted by molar-refractivity contribution is -0.138. The second kappa shape index (κ2) is 13.0. The van der Waals surface area contributed by atoms with E-state index in [4.69, 9.17) is 14.6 Å². The molecular weight excluding hydrogens is 650 g/mol. The number of benzene rings is 3. The SMILES string of the molecule is C.C=Cc1cc(B(O)O)cc(C(F)(F)F)c1.C=Cc1cc(Cc2noc3c(I)c(C)ccc23)cc(C(F)(F)F)c1. The summed E-state index contributed by atoms with van der Waals surface area (Å²) in [5.41, 5.74) is 1.67. The predicted octanol–water partition coefficient (Wildman–Crippen LogP) is 7.66. The zero-order chi connectivity index (χ0) is 29.1. The van der Waals surface area contributed by atoms with Gasteiger partial charge in [-0.3, -0.25) is 0 Å². The highest BCUT2D eigenvalue weighted by molar-refractivity contribution is 14.1. The van der Waals surface area contributed by atoms with E-state index in [2.05, 4.69) is 40.9 Å². The molecule has 0 saturated heterocycles. The van der Waals surface area contributed by atoms with Gasteiger partial charge in [-0.2, -0.15) is 26.3 Å². The van der Waals surface area contributed by atoms with E-state index in [9.17, 15) is 26.3 Å². The van der Waals surface area contributed by atoms with Crippen LogP contribution in [0.1, 0.15) is 46.5 Å². The molecule has 0 atom stereocenters. The zero-order valence-electron chi connectivity index (χ0n) is 20.4. The van der Waals surface area contributed by atoms with Crippen molar-refractivity contribution < 1.29 is 40.9 Å². The van der Waals surface area contributed by atoms with E-state index >= 15 is 0 Å². The normalized spacial score (nSPS) is 11.3. The van der Waals surface area contributed by atoms with Crippen LogP contribution < -0.4 is 5.46 Å². The standard InChI is InChI=1S/C18H13F3INO.C9H8BF3O2.CH4/c1-3-11-6-12(8-13(7-11)18(19,20)21)9-15-14-5-4-10(2)16(22)17(14)24-23-15;1-2-6-3-7(9(11,12)13)5-8(4-6)10(14)15;/h3-8H,1,9H2,2H3;2-5,14-15H,1H2;1H4. The smallest absolute Gasteiger partial charge is 0.423 e. The van der Waals surface area contributed by atoms with Crippen molar-refractivity contribution in [2.45, 2.75) is 33.1 Å². The van der Waals surface area contributed by atoms with Gasteiger partial charge in [0.05, 0.1) is 20.4 Å². The minimum Gasteiger partial charge on any atom is -0.423 e. The first-order chi connectivity index (χ1) is 18.1. The minimum absolute atomic E-state index is 0. The number of aromatic nitrogens is 1. The molecule has 4 aromatic rings. The van der Waals surface area contributed by atoms with Gasteiger partial charge in [0, 0.05) is 11.8 Å². The lowest BCUT2D eigenvalue weighted by Crippen LogP contribution is -2.31. The second-order valence-electron chi connectivity index (χ2n) is 8.51. The Bertz CT molecular complexity index is 1510. The van der Waals surface area contributed by atoms with Crippen molar-refractivity contribution >= 4 is 58.3 Å². The summed E-state index contributed by atoms with van der Waals surface area (Å²) in [7, 11) is -1.93. The van der Waals surface area contributed by atoms with Crippen molar-refractivity contribution in [2.75, 3.05) is 0 Å². The van der Waals surface area contributed by atoms with Gasteiger partial charge in [0.25, 0.3) is 0 Å². The molecule has 0 aliphatic carbocycles. The highest BCUT2D eigenvalue weighted by atomic mass is 127. The van der Waals surface area contributed by atoms with Crippen molar-refractivity contribution in [2.24, 2.45) is 0 Å². The summed E-state index contributed by atoms with van der Waals surface area (Å²) in [6, 6.07) is 10.6. The first-order valence-electron chi connectivity index (χ1n) is 11.2. The lowest BCUT2D eigenvalue weighted by atomic mass is 9.78. The average molecular weight is 675 g/mol. The molecule has 40 heavy (non-hydrogen) atoms. The van der Waals surface area contributed by atoms with E-state index in [-0.39, 0.29) is 24.9 Å². The molecule has 212 valence electrons.